The molecular weight excluding hydrogens is 479 g/mol. The van der Waals surface area contributed by atoms with Crippen molar-refractivity contribution >= 4 is 30.1 Å². The van der Waals surface area contributed by atoms with E-state index in [0.29, 0.717) is 35.0 Å². The molecule has 5 rings (SSSR count). The van der Waals surface area contributed by atoms with Crippen LogP contribution in [-0.2, 0) is 11.2 Å². The molecule has 1 amide bonds. The van der Waals surface area contributed by atoms with Crippen molar-refractivity contribution in [2.45, 2.75) is 52.0 Å². The van der Waals surface area contributed by atoms with Crippen LogP contribution in [0.4, 0.5) is 16.2 Å². The molecule has 0 aliphatic carbocycles. The number of hydrogen-bond donors (Lipinski definition) is 2. The zero-order valence-corrected chi connectivity index (χ0v) is 22.3. The summed E-state index contributed by atoms with van der Waals surface area (Å²) in [4.78, 5) is 27.2. The van der Waals surface area contributed by atoms with Crippen molar-refractivity contribution in [1.29, 1.82) is 0 Å². The van der Waals surface area contributed by atoms with E-state index in [1.54, 1.807) is 13.1 Å². The molecular formula is C27H38ClFN6O. The minimum Gasteiger partial charge on any atom is -0.359 e. The average molecular weight is 517 g/mol. The van der Waals surface area contributed by atoms with Gasteiger partial charge in [0.15, 0.2) is 0 Å². The Kier molecular flexibility index (Phi) is 8.05. The molecule has 1 aromatic carbocycles. The highest BCUT2D eigenvalue weighted by atomic mass is 35.5. The molecule has 1 aromatic heterocycles. The maximum absolute atomic E-state index is 15.0. The number of hydrogen-bond acceptors (Lipinski definition) is 6. The van der Waals surface area contributed by atoms with E-state index < -0.39 is 0 Å². The number of anilines is 2. The fraction of sp³-hybridized carbons (Fsp3) is 0.593. The summed E-state index contributed by atoms with van der Waals surface area (Å²) in [7, 11) is 1.69. The van der Waals surface area contributed by atoms with Gasteiger partial charge in [0.05, 0.1) is 5.69 Å². The summed E-state index contributed by atoms with van der Waals surface area (Å²) in [6, 6.07) is 6.94. The summed E-state index contributed by atoms with van der Waals surface area (Å²) in [6.07, 6.45) is 4.16. The van der Waals surface area contributed by atoms with E-state index >= 15 is 4.39 Å². The number of nitrogens with one attached hydrogen (secondary N) is 2. The first-order valence-corrected chi connectivity index (χ1v) is 13.0. The fourth-order valence-corrected chi connectivity index (χ4v) is 5.89. The van der Waals surface area contributed by atoms with Gasteiger partial charge in [-0.15, -0.1) is 12.4 Å². The molecule has 1 atom stereocenters. The van der Waals surface area contributed by atoms with Crippen molar-refractivity contribution in [3.63, 3.8) is 0 Å². The second-order valence-electron chi connectivity index (χ2n) is 10.9. The lowest BCUT2D eigenvalue weighted by molar-refractivity contribution is -0.121. The van der Waals surface area contributed by atoms with Crippen molar-refractivity contribution in [2.24, 2.45) is 11.3 Å². The number of aromatic nitrogens is 2. The normalized spacial score (nSPS) is 19.0. The van der Waals surface area contributed by atoms with Gasteiger partial charge in [0, 0.05) is 68.8 Å². The van der Waals surface area contributed by atoms with E-state index in [0.717, 1.165) is 69.8 Å². The van der Waals surface area contributed by atoms with Gasteiger partial charge in [-0.2, -0.15) is 4.98 Å². The van der Waals surface area contributed by atoms with Crippen molar-refractivity contribution in [1.82, 2.24) is 20.6 Å². The van der Waals surface area contributed by atoms with Crippen molar-refractivity contribution in [2.75, 3.05) is 49.6 Å². The minimum absolute atomic E-state index is 0. The Morgan fingerprint density at radius 3 is 2.64 bits per heavy atom. The number of nitrogens with zero attached hydrogens (tertiary/aromatic N) is 4. The summed E-state index contributed by atoms with van der Waals surface area (Å²) < 4.78 is 15.0. The van der Waals surface area contributed by atoms with Crippen LogP contribution in [0.5, 0.6) is 0 Å². The van der Waals surface area contributed by atoms with Gasteiger partial charge in [-0.3, -0.25) is 4.79 Å². The van der Waals surface area contributed by atoms with Crippen molar-refractivity contribution < 1.29 is 9.18 Å². The van der Waals surface area contributed by atoms with Gasteiger partial charge in [-0.05, 0) is 43.7 Å². The maximum atomic E-state index is 15.0. The van der Waals surface area contributed by atoms with Gasteiger partial charge in [0.1, 0.15) is 11.6 Å². The molecule has 3 aliphatic heterocycles. The Morgan fingerprint density at radius 2 is 2.00 bits per heavy atom. The quantitative estimate of drug-likeness (QED) is 0.583. The number of benzene rings is 1. The molecule has 0 unspecified atom stereocenters. The van der Waals surface area contributed by atoms with E-state index in [9.17, 15) is 4.79 Å². The van der Waals surface area contributed by atoms with Gasteiger partial charge in [-0.1, -0.05) is 26.0 Å². The van der Waals surface area contributed by atoms with E-state index in [-0.39, 0.29) is 30.2 Å². The lowest BCUT2D eigenvalue weighted by Crippen LogP contribution is -2.54. The van der Waals surface area contributed by atoms with Crippen LogP contribution in [0.15, 0.2) is 24.3 Å². The molecule has 196 valence electrons. The highest BCUT2D eigenvalue weighted by molar-refractivity contribution is 5.85. The molecule has 4 heterocycles. The first-order chi connectivity index (χ1) is 16.9. The topological polar surface area (TPSA) is 73.4 Å². The van der Waals surface area contributed by atoms with Crippen LogP contribution in [0.2, 0.25) is 0 Å². The van der Waals surface area contributed by atoms with Crippen LogP contribution in [0.1, 0.15) is 45.1 Å². The zero-order chi connectivity index (χ0) is 24.6. The summed E-state index contributed by atoms with van der Waals surface area (Å²) in [6.45, 7) is 9.10. The lowest BCUT2D eigenvalue weighted by atomic mass is 9.81. The number of amides is 1. The van der Waals surface area contributed by atoms with Crippen molar-refractivity contribution in [3.8, 4) is 11.3 Å². The van der Waals surface area contributed by atoms with Crippen LogP contribution in [-0.4, -0.2) is 61.7 Å². The molecule has 0 bridgehead atoms. The Labute approximate surface area is 219 Å². The SMILES string of the molecule is CNC(=O)C[C@H](CC(C)C)N1CCCc2c(-c3ccccc3F)nc(N3CCC4(CNC4)C3)nc21.Cl. The monoisotopic (exact) mass is 516 g/mol. The van der Waals surface area contributed by atoms with Gasteiger partial charge >= 0.3 is 0 Å². The summed E-state index contributed by atoms with van der Waals surface area (Å²) in [5, 5.41) is 6.20. The van der Waals surface area contributed by atoms with Crippen LogP contribution >= 0.6 is 12.4 Å². The van der Waals surface area contributed by atoms with Gasteiger partial charge in [0.25, 0.3) is 0 Å². The van der Waals surface area contributed by atoms with E-state index in [1.807, 2.05) is 12.1 Å². The molecule has 2 N–H and O–H groups in total. The van der Waals surface area contributed by atoms with Crippen LogP contribution < -0.4 is 20.4 Å². The molecule has 36 heavy (non-hydrogen) atoms. The number of fused-ring (bicyclic) bond motifs is 1. The zero-order valence-electron chi connectivity index (χ0n) is 21.5. The number of carbonyl (C=O) groups excluding carboxylic acids is 1. The molecule has 2 aromatic rings. The predicted molar refractivity (Wildman–Crippen MR) is 144 cm³/mol. The fourth-order valence-electron chi connectivity index (χ4n) is 5.89. The second-order valence-corrected chi connectivity index (χ2v) is 10.9. The highest BCUT2D eigenvalue weighted by Gasteiger charge is 2.44. The Morgan fingerprint density at radius 1 is 1.22 bits per heavy atom. The maximum Gasteiger partial charge on any atom is 0.227 e. The van der Waals surface area contributed by atoms with Gasteiger partial charge in [-0.25, -0.2) is 9.37 Å². The second kappa shape index (κ2) is 10.9. The molecule has 2 saturated heterocycles. The summed E-state index contributed by atoms with van der Waals surface area (Å²) in [5.41, 5.74) is 2.52. The first kappa shape index (κ1) is 26.6. The number of halogens is 2. The molecule has 0 radical (unpaired) electrons. The molecule has 9 heteroatoms. The molecule has 1 spiro atoms. The molecule has 7 nitrogen and oxygen atoms in total. The summed E-state index contributed by atoms with van der Waals surface area (Å²) in [5.74, 6) is 1.77. The Balaban J connectivity index is 0.00000304. The van der Waals surface area contributed by atoms with E-state index in [1.165, 1.54) is 6.07 Å². The minimum atomic E-state index is -0.262. The average Bonchev–Trinajstić information content (AvgIpc) is 3.29. The lowest BCUT2D eigenvalue weighted by Gasteiger charge is -2.40. The third kappa shape index (κ3) is 5.16. The largest absolute Gasteiger partial charge is 0.359 e. The van der Waals surface area contributed by atoms with Crippen molar-refractivity contribution in [3.05, 3.63) is 35.6 Å². The predicted octanol–water partition coefficient (Wildman–Crippen LogP) is 3.81. The molecule has 3 aliphatic rings. The van der Waals surface area contributed by atoms with Crippen LogP contribution in [0.3, 0.4) is 0 Å². The summed E-state index contributed by atoms with van der Waals surface area (Å²) >= 11 is 0. The Hall–Kier alpha value is -2.45. The van der Waals surface area contributed by atoms with E-state index in [2.05, 4.69) is 34.3 Å². The van der Waals surface area contributed by atoms with Crippen LogP contribution in [0.25, 0.3) is 11.3 Å². The third-order valence-electron chi connectivity index (χ3n) is 7.81. The smallest absolute Gasteiger partial charge is 0.227 e. The van der Waals surface area contributed by atoms with Crippen LogP contribution in [0, 0.1) is 17.2 Å². The first-order valence-electron chi connectivity index (χ1n) is 13.0. The third-order valence-corrected chi connectivity index (χ3v) is 7.81. The van der Waals surface area contributed by atoms with Gasteiger partial charge < -0.3 is 20.4 Å². The Bertz CT molecular complexity index is 1090. The van der Waals surface area contributed by atoms with Gasteiger partial charge in [0.2, 0.25) is 11.9 Å². The molecule has 2 fully saturated rings. The number of carbonyl (C=O) groups is 1. The molecule has 0 saturated carbocycles. The standard InChI is InChI=1S/C27H37FN6O.ClH/c1-18(2)13-19(14-23(35)29-3)34-11-6-8-21-24(20-7-4-5-9-22(20)28)31-26(32-25(21)34)33-12-10-27(17-33)15-30-16-27;/h4-5,7,9,18-19,30H,6,8,10-17H2,1-3H3,(H,29,35);1H/t19-;/m0./s1. The highest BCUT2D eigenvalue weighted by Crippen LogP contribution is 2.40. The number of rotatable bonds is 7. The van der Waals surface area contributed by atoms with E-state index in [4.69, 9.17) is 9.97 Å².